The van der Waals surface area contributed by atoms with Gasteiger partial charge in [0.2, 0.25) is 11.9 Å². The van der Waals surface area contributed by atoms with Gasteiger partial charge in [-0.25, -0.2) is 23.1 Å². The van der Waals surface area contributed by atoms with Gasteiger partial charge >= 0.3 is 0 Å². The number of anilines is 2. The van der Waals surface area contributed by atoms with Crippen LogP contribution in [0.5, 0.6) is 5.75 Å². The van der Waals surface area contributed by atoms with Crippen LogP contribution >= 0.6 is 11.8 Å². The van der Waals surface area contributed by atoms with Crippen molar-refractivity contribution in [3.05, 3.63) is 67.0 Å². The zero-order valence-electron chi connectivity index (χ0n) is 16.3. The van der Waals surface area contributed by atoms with Crippen molar-refractivity contribution in [2.24, 2.45) is 0 Å². The Morgan fingerprint density at radius 1 is 1.03 bits per heavy atom. The number of amides is 1. The molecular formula is C20H20N4O4S2. The lowest BCUT2D eigenvalue weighted by Gasteiger charge is -2.13. The van der Waals surface area contributed by atoms with Gasteiger partial charge in [-0.1, -0.05) is 0 Å². The van der Waals surface area contributed by atoms with E-state index in [4.69, 9.17) is 4.74 Å². The molecule has 3 aromatic rings. The van der Waals surface area contributed by atoms with Gasteiger partial charge in [-0.2, -0.15) is 0 Å². The molecule has 1 heterocycles. The molecule has 30 heavy (non-hydrogen) atoms. The lowest BCUT2D eigenvalue weighted by Crippen LogP contribution is -2.22. The molecule has 8 nitrogen and oxygen atoms in total. The molecule has 156 valence electrons. The maximum Gasteiger partial charge on any atom is 0.264 e. The Labute approximate surface area is 179 Å². The highest BCUT2D eigenvalue weighted by molar-refractivity contribution is 8.00. The SMILES string of the molecule is COc1ccc(SC(C)C(=O)Nc2ccc(S(=O)(=O)Nc3ncccn3)cc2)cc1. The van der Waals surface area contributed by atoms with Gasteiger partial charge in [0.15, 0.2) is 0 Å². The van der Waals surface area contributed by atoms with Crippen molar-refractivity contribution in [3.8, 4) is 5.75 Å². The minimum atomic E-state index is -3.82. The molecule has 10 heteroatoms. The van der Waals surface area contributed by atoms with Crippen molar-refractivity contribution in [1.82, 2.24) is 9.97 Å². The number of hydrogen-bond donors (Lipinski definition) is 2. The van der Waals surface area contributed by atoms with Gasteiger partial charge in [0, 0.05) is 23.0 Å². The number of nitrogens with zero attached hydrogens (tertiary/aromatic N) is 2. The molecular weight excluding hydrogens is 424 g/mol. The minimum Gasteiger partial charge on any atom is -0.497 e. The standard InChI is InChI=1S/C20H20N4O4S2/c1-14(29-17-8-6-16(28-2)7-9-17)19(25)23-15-4-10-18(11-5-15)30(26,27)24-20-21-12-3-13-22-20/h3-14H,1-2H3,(H,23,25)(H,21,22,24). The van der Waals surface area contributed by atoms with Crippen LogP contribution in [0.2, 0.25) is 0 Å². The van der Waals surface area contributed by atoms with E-state index in [1.807, 2.05) is 24.3 Å². The first-order valence-electron chi connectivity index (χ1n) is 8.89. The third kappa shape index (κ3) is 5.71. The van der Waals surface area contributed by atoms with E-state index >= 15 is 0 Å². The van der Waals surface area contributed by atoms with Gasteiger partial charge in [0.05, 0.1) is 17.3 Å². The van der Waals surface area contributed by atoms with E-state index in [1.165, 1.54) is 48.4 Å². The zero-order valence-corrected chi connectivity index (χ0v) is 17.9. The van der Waals surface area contributed by atoms with Crippen LogP contribution in [0, 0.1) is 0 Å². The van der Waals surface area contributed by atoms with Gasteiger partial charge in [-0.05, 0) is 61.5 Å². The minimum absolute atomic E-state index is 0.0146. The molecule has 1 aromatic heterocycles. The number of benzene rings is 2. The molecule has 0 bridgehead atoms. The molecule has 3 rings (SSSR count). The lowest BCUT2D eigenvalue weighted by atomic mass is 10.3. The first kappa shape index (κ1) is 21.6. The molecule has 0 saturated heterocycles. The summed E-state index contributed by atoms with van der Waals surface area (Å²) < 4.78 is 32.2. The van der Waals surface area contributed by atoms with Crippen molar-refractivity contribution in [2.45, 2.75) is 22.0 Å². The highest BCUT2D eigenvalue weighted by atomic mass is 32.2. The van der Waals surface area contributed by atoms with E-state index < -0.39 is 10.0 Å². The number of sulfonamides is 1. The monoisotopic (exact) mass is 444 g/mol. The fourth-order valence-electron chi connectivity index (χ4n) is 2.40. The van der Waals surface area contributed by atoms with Crippen molar-refractivity contribution < 1.29 is 17.9 Å². The molecule has 0 aliphatic rings. The van der Waals surface area contributed by atoms with Crippen LogP contribution in [0.3, 0.4) is 0 Å². The Hall–Kier alpha value is -3.11. The molecule has 0 fully saturated rings. The second kappa shape index (κ2) is 9.59. The van der Waals surface area contributed by atoms with E-state index in [0.29, 0.717) is 5.69 Å². The smallest absolute Gasteiger partial charge is 0.264 e. The average molecular weight is 445 g/mol. The molecule has 0 aliphatic heterocycles. The second-order valence-electron chi connectivity index (χ2n) is 6.13. The summed E-state index contributed by atoms with van der Waals surface area (Å²) in [5.74, 6) is 0.543. The molecule has 1 unspecified atom stereocenters. The van der Waals surface area contributed by atoms with Crippen LogP contribution in [0.25, 0.3) is 0 Å². The number of carbonyl (C=O) groups is 1. The highest BCUT2D eigenvalue weighted by Gasteiger charge is 2.17. The van der Waals surface area contributed by atoms with Gasteiger partial charge < -0.3 is 10.1 Å². The van der Waals surface area contributed by atoms with Gasteiger partial charge in [-0.3, -0.25) is 4.79 Å². The summed E-state index contributed by atoms with van der Waals surface area (Å²) in [7, 11) is -2.23. The van der Waals surface area contributed by atoms with Gasteiger partial charge in [0.1, 0.15) is 5.75 Å². The van der Waals surface area contributed by atoms with E-state index in [2.05, 4.69) is 20.0 Å². The number of aromatic nitrogens is 2. The molecule has 0 spiro atoms. The van der Waals surface area contributed by atoms with Crippen molar-refractivity contribution in [1.29, 1.82) is 0 Å². The van der Waals surface area contributed by atoms with Crippen LogP contribution in [0.15, 0.2) is 76.8 Å². The van der Waals surface area contributed by atoms with Crippen LogP contribution in [0.4, 0.5) is 11.6 Å². The number of thioether (sulfide) groups is 1. The molecule has 0 radical (unpaired) electrons. The summed E-state index contributed by atoms with van der Waals surface area (Å²) in [4.78, 5) is 21.1. The predicted molar refractivity (Wildman–Crippen MR) is 116 cm³/mol. The Morgan fingerprint density at radius 3 is 2.27 bits per heavy atom. The Morgan fingerprint density at radius 2 is 1.67 bits per heavy atom. The van der Waals surface area contributed by atoms with Crippen LogP contribution in [-0.4, -0.2) is 36.7 Å². The predicted octanol–water partition coefficient (Wildman–Crippen LogP) is 3.41. The van der Waals surface area contributed by atoms with Gasteiger partial charge in [-0.15, -0.1) is 11.8 Å². The van der Waals surface area contributed by atoms with Crippen LogP contribution in [0.1, 0.15) is 6.92 Å². The van der Waals surface area contributed by atoms with Gasteiger partial charge in [0.25, 0.3) is 10.0 Å². The topological polar surface area (TPSA) is 110 Å². The first-order chi connectivity index (χ1) is 14.4. The van der Waals surface area contributed by atoms with E-state index in [1.54, 1.807) is 20.1 Å². The van der Waals surface area contributed by atoms with Crippen molar-refractivity contribution in [3.63, 3.8) is 0 Å². The first-order valence-corrected chi connectivity index (χ1v) is 11.2. The molecule has 2 aromatic carbocycles. The molecule has 1 amide bonds. The largest absolute Gasteiger partial charge is 0.497 e. The number of nitrogens with one attached hydrogen (secondary N) is 2. The maximum absolute atomic E-state index is 12.5. The van der Waals surface area contributed by atoms with Crippen LogP contribution in [-0.2, 0) is 14.8 Å². The van der Waals surface area contributed by atoms with E-state index in [0.717, 1.165) is 10.6 Å². The maximum atomic E-state index is 12.5. The zero-order chi connectivity index (χ0) is 21.6. The van der Waals surface area contributed by atoms with Crippen molar-refractivity contribution in [2.75, 3.05) is 17.1 Å². The summed E-state index contributed by atoms with van der Waals surface area (Å²) in [6.07, 6.45) is 2.88. The summed E-state index contributed by atoms with van der Waals surface area (Å²) >= 11 is 1.41. The van der Waals surface area contributed by atoms with E-state index in [9.17, 15) is 13.2 Å². The van der Waals surface area contributed by atoms with Crippen molar-refractivity contribution >= 4 is 39.3 Å². The third-order valence-electron chi connectivity index (χ3n) is 3.97. The fraction of sp³-hybridized carbons (Fsp3) is 0.150. The summed E-state index contributed by atoms with van der Waals surface area (Å²) in [5, 5.41) is 2.44. The number of methoxy groups -OCH3 is 1. The lowest BCUT2D eigenvalue weighted by molar-refractivity contribution is -0.115. The molecule has 2 N–H and O–H groups in total. The molecule has 0 aliphatic carbocycles. The average Bonchev–Trinajstić information content (AvgIpc) is 2.75. The quantitative estimate of drug-likeness (QED) is 0.512. The Bertz CT molecular complexity index is 1090. The molecule has 1 atom stereocenters. The number of hydrogen-bond acceptors (Lipinski definition) is 7. The number of carbonyl (C=O) groups excluding carboxylic acids is 1. The van der Waals surface area contributed by atoms with E-state index in [-0.39, 0.29) is 22.0 Å². The normalized spacial score (nSPS) is 12.1. The third-order valence-corrected chi connectivity index (χ3v) is 6.42. The summed E-state index contributed by atoms with van der Waals surface area (Å²) in [5.41, 5.74) is 0.497. The Balaban J connectivity index is 1.60. The second-order valence-corrected chi connectivity index (χ2v) is 9.22. The Kier molecular flexibility index (Phi) is 6.91. The molecule has 0 saturated carbocycles. The summed E-state index contributed by atoms with van der Waals surface area (Å²) in [6, 6.07) is 14.9. The number of rotatable bonds is 8. The number of ether oxygens (including phenoxy) is 1. The summed E-state index contributed by atoms with van der Waals surface area (Å²) in [6.45, 7) is 1.80. The highest BCUT2D eigenvalue weighted by Crippen LogP contribution is 2.26. The fourth-order valence-corrected chi connectivity index (χ4v) is 4.23. The van der Waals surface area contributed by atoms with Crippen LogP contribution < -0.4 is 14.8 Å².